The fourth-order valence-corrected chi connectivity index (χ4v) is 2.42. The molecule has 0 saturated heterocycles. The van der Waals surface area contributed by atoms with Gasteiger partial charge >= 0.3 is 0 Å². The Bertz CT molecular complexity index is 381. The summed E-state index contributed by atoms with van der Waals surface area (Å²) in [5, 5.41) is 3.44. The van der Waals surface area contributed by atoms with Gasteiger partial charge in [0.15, 0.2) is 0 Å². The van der Waals surface area contributed by atoms with Crippen LogP contribution in [0.25, 0.3) is 0 Å². The lowest BCUT2D eigenvalue weighted by Gasteiger charge is -2.29. The molecule has 2 rings (SSSR count). The van der Waals surface area contributed by atoms with Crippen LogP contribution >= 0.6 is 0 Å². The van der Waals surface area contributed by atoms with Gasteiger partial charge in [0.2, 0.25) is 11.8 Å². The van der Waals surface area contributed by atoms with E-state index in [-0.39, 0.29) is 6.10 Å². The van der Waals surface area contributed by atoms with Crippen LogP contribution < -0.4 is 10.1 Å². The summed E-state index contributed by atoms with van der Waals surface area (Å²) in [7, 11) is 0. The summed E-state index contributed by atoms with van der Waals surface area (Å²) in [6.07, 6.45) is 7.03. The molecule has 0 aromatic carbocycles. The average molecular weight is 249 g/mol. The van der Waals surface area contributed by atoms with Crippen molar-refractivity contribution < 1.29 is 4.74 Å². The highest BCUT2D eigenvalue weighted by molar-refractivity contribution is 5.29. The summed E-state index contributed by atoms with van der Waals surface area (Å²) < 4.78 is 5.58. The fourth-order valence-electron chi connectivity index (χ4n) is 2.42. The van der Waals surface area contributed by atoms with Crippen molar-refractivity contribution >= 4 is 5.95 Å². The van der Waals surface area contributed by atoms with Gasteiger partial charge in [-0.3, -0.25) is 0 Å². The highest BCUT2D eigenvalue weighted by Gasteiger charge is 2.21. The van der Waals surface area contributed by atoms with Crippen LogP contribution in [0, 0.1) is 5.92 Å². The molecule has 0 bridgehead atoms. The lowest BCUT2D eigenvalue weighted by molar-refractivity contribution is 0.232. The quantitative estimate of drug-likeness (QED) is 0.889. The summed E-state index contributed by atoms with van der Waals surface area (Å²) in [5.74, 6) is 2.02. The third kappa shape index (κ3) is 3.59. The molecule has 1 fully saturated rings. The van der Waals surface area contributed by atoms with Gasteiger partial charge in [-0.25, -0.2) is 4.98 Å². The Balaban J connectivity index is 1.99. The molecule has 100 valence electrons. The van der Waals surface area contributed by atoms with Gasteiger partial charge in [-0.1, -0.05) is 19.8 Å². The molecule has 1 aromatic rings. The SMILES string of the molecule is CC(C)Oc1ccnc(NC2CCCCC2C)n1. The molecule has 0 amide bonds. The van der Waals surface area contributed by atoms with Gasteiger partial charge < -0.3 is 10.1 Å². The smallest absolute Gasteiger partial charge is 0.226 e. The van der Waals surface area contributed by atoms with Gasteiger partial charge in [-0.2, -0.15) is 4.98 Å². The summed E-state index contributed by atoms with van der Waals surface area (Å²) in [6, 6.07) is 2.29. The molecular weight excluding hydrogens is 226 g/mol. The number of ether oxygens (including phenoxy) is 1. The van der Waals surface area contributed by atoms with Gasteiger partial charge in [0.1, 0.15) is 0 Å². The van der Waals surface area contributed by atoms with Crippen molar-refractivity contribution in [3.63, 3.8) is 0 Å². The highest BCUT2D eigenvalue weighted by atomic mass is 16.5. The predicted molar refractivity (Wildman–Crippen MR) is 72.8 cm³/mol. The average Bonchev–Trinajstić information content (AvgIpc) is 2.32. The Morgan fingerprint density at radius 1 is 1.33 bits per heavy atom. The monoisotopic (exact) mass is 249 g/mol. The molecule has 1 aliphatic carbocycles. The topological polar surface area (TPSA) is 47.0 Å². The first-order valence-corrected chi connectivity index (χ1v) is 6.91. The van der Waals surface area contributed by atoms with Gasteiger partial charge in [0.25, 0.3) is 0 Å². The standard InChI is InChI=1S/C14H23N3O/c1-10(2)18-13-8-9-15-14(17-13)16-12-7-5-4-6-11(12)3/h8-12H,4-7H2,1-3H3,(H,15,16,17). The Labute approximate surface area is 109 Å². The van der Waals surface area contributed by atoms with Crippen LogP contribution in [-0.4, -0.2) is 22.1 Å². The van der Waals surface area contributed by atoms with Crippen molar-refractivity contribution in [1.29, 1.82) is 0 Å². The van der Waals surface area contributed by atoms with Crippen molar-refractivity contribution in [3.8, 4) is 5.88 Å². The first-order chi connectivity index (χ1) is 8.65. The number of nitrogens with one attached hydrogen (secondary N) is 1. The van der Waals surface area contributed by atoms with E-state index in [1.807, 2.05) is 13.8 Å². The van der Waals surface area contributed by atoms with Crippen LogP contribution in [0.5, 0.6) is 5.88 Å². The number of nitrogens with zero attached hydrogens (tertiary/aromatic N) is 2. The normalized spacial score (nSPS) is 24.0. The van der Waals surface area contributed by atoms with Gasteiger partial charge in [0.05, 0.1) is 6.10 Å². The van der Waals surface area contributed by atoms with E-state index in [0.717, 1.165) is 0 Å². The minimum Gasteiger partial charge on any atom is -0.475 e. The molecule has 2 atom stereocenters. The van der Waals surface area contributed by atoms with E-state index in [4.69, 9.17) is 4.74 Å². The van der Waals surface area contributed by atoms with E-state index in [9.17, 15) is 0 Å². The Morgan fingerprint density at radius 3 is 2.83 bits per heavy atom. The number of hydrogen-bond acceptors (Lipinski definition) is 4. The second-order valence-corrected chi connectivity index (χ2v) is 5.40. The number of hydrogen-bond donors (Lipinski definition) is 1. The van der Waals surface area contributed by atoms with Crippen LogP contribution in [-0.2, 0) is 0 Å². The molecular formula is C14H23N3O. The third-order valence-electron chi connectivity index (χ3n) is 3.41. The summed E-state index contributed by atoms with van der Waals surface area (Å²) >= 11 is 0. The van der Waals surface area contributed by atoms with Crippen LogP contribution in [0.15, 0.2) is 12.3 Å². The zero-order chi connectivity index (χ0) is 13.0. The van der Waals surface area contributed by atoms with Gasteiger partial charge in [-0.15, -0.1) is 0 Å². The van der Waals surface area contributed by atoms with E-state index < -0.39 is 0 Å². The summed E-state index contributed by atoms with van der Waals surface area (Å²) in [5.41, 5.74) is 0. The van der Waals surface area contributed by atoms with Gasteiger partial charge in [-0.05, 0) is 32.6 Å². The van der Waals surface area contributed by atoms with Crippen LogP contribution in [0.4, 0.5) is 5.95 Å². The van der Waals surface area contributed by atoms with Gasteiger partial charge in [0, 0.05) is 18.3 Å². The number of aromatic nitrogens is 2. The molecule has 4 heteroatoms. The summed E-state index contributed by atoms with van der Waals surface area (Å²) in [4.78, 5) is 8.67. The first-order valence-electron chi connectivity index (χ1n) is 6.91. The zero-order valence-electron chi connectivity index (χ0n) is 11.5. The fraction of sp³-hybridized carbons (Fsp3) is 0.714. The van der Waals surface area contributed by atoms with E-state index in [1.54, 1.807) is 12.3 Å². The molecule has 1 N–H and O–H groups in total. The van der Waals surface area contributed by atoms with E-state index in [0.29, 0.717) is 23.8 Å². The van der Waals surface area contributed by atoms with Crippen molar-refractivity contribution in [2.75, 3.05) is 5.32 Å². The van der Waals surface area contributed by atoms with Crippen molar-refractivity contribution in [1.82, 2.24) is 9.97 Å². The van der Waals surface area contributed by atoms with Crippen LogP contribution in [0.1, 0.15) is 46.5 Å². The molecule has 1 saturated carbocycles. The predicted octanol–water partition coefficient (Wildman–Crippen LogP) is 3.25. The summed E-state index contributed by atoms with van der Waals surface area (Å²) in [6.45, 7) is 6.29. The Kier molecular flexibility index (Phi) is 4.39. The van der Waals surface area contributed by atoms with Crippen molar-refractivity contribution in [2.24, 2.45) is 5.92 Å². The molecule has 4 nitrogen and oxygen atoms in total. The minimum atomic E-state index is 0.140. The molecule has 1 aromatic heterocycles. The number of rotatable bonds is 4. The Morgan fingerprint density at radius 2 is 2.11 bits per heavy atom. The molecule has 0 aliphatic heterocycles. The maximum atomic E-state index is 5.58. The lowest BCUT2D eigenvalue weighted by atomic mass is 9.86. The zero-order valence-corrected chi connectivity index (χ0v) is 11.5. The maximum Gasteiger partial charge on any atom is 0.226 e. The van der Waals surface area contributed by atoms with E-state index in [2.05, 4.69) is 22.2 Å². The molecule has 2 unspecified atom stereocenters. The second kappa shape index (κ2) is 6.03. The highest BCUT2D eigenvalue weighted by Crippen LogP contribution is 2.26. The molecule has 0 spiro atoms. The molecule has 18 heavy (non-hydrogen) atoms. The maximum absolute atomic E-state index is 5.58. The first kappa shape index (κ1) is 13.1. The molecule has 0 radical (unpaired) electrons. The third-order valence-corrected chi connectivity index (χ3v) is 3.41. The van der Waals surface area contributed by atoms with E-state index in [1.165, 1.54) is 25.7 Å². The van der Waals surface area contributed by atoms with Crippen molar-refractivity contribution in [3.05, 3.63) is 12.3 Å². The van der Waals surface area contributed by atoms with Crippen LogP contribution in [0.3, 0.4) is 0 Å². The van der Waals surface area contributed by atoms with Crippen LogP contribution in [0.2, 0.25) is 0 Å². The lowest BCUT2D eigenvalue weighted by Crippen LogP contribution is -2.31. The van der Waals surface area contributed by atoms with Crippen molar-refractivity contribution in [2.45, 2.75) is 58.6 Å². The molecule has 1 heterocycles. The molecule has 1 aliphatic rings. The van der Waals surface area contributed by atoms with E-state index >= 15 is 0 Å². The minimum absolute atomic E-state index is 0.140. The largest absolute Gasteiger partial charge is 0.475 e. The Hall–Kier alpha value is -1.32. The number of anilines is 1. The second-order valence-electron chi connectivity index (χ2n) is 5.40.